The second-order valence-electron chi connectivity index (χ2n) is 19.0. The van der Waals surface area contributed by atoms with Crippen LogP contribution in [-0.2, 0) is 9.53 Å². The van der Waals surface area contributed by atoms with Gasteiger partial charge in [-0.3, -0.25) is 4.79 Å². The van der Waals surface area contributed by atoms with Crippen LogP contribution in [0.15, 0.2) is 24.3 Å². The van der Waals surface area contributed by atoms with Crippen molar-refractivity contribution >= 4 is 5.97 Å². The summed E-state index contributed by atoms with van der Waals surface area (Å²) >= 11 is 0. The van der Waals surface area contributed by atoms with E-state index in [0.29, 0.717) is 31.5 Å². The lowest BCUT2D eigenvalue weighted by molar-refractivity contribution is -0.143. The summed E-state index contributed by atoms with van der Waals surface area (Å²) in [6.07, 6.45) is 59.8. The number of unbranched alkanes of at least 4 members (excludes halogenated alkanes) is 28. The van der Waals surface area contributed by atoms with Gasteiger partial charge in [0.05, 0.1) is 6.61 Å². The van der Waals surface area contributed by atoms with Crippen molar-refractivity contribution in [2.75, 3.05) is 13.2 Å². The van der Waals surface area contributed by atoms with Crippen molar-refractivity contribution < 1.29 is 14.6 Å². The Morgan fingerprint density at radius 1 is 0.544 bits per heavy atom. The largest absolute Gasteiger partial charge is 0.466 e. The molecule has 0 aliphatic heterocycles. The van der Waals surface area contributed by atoms with Gasteiger partial charge in [-0.15, -0.1) is 0 Å². The SMILES string of the molecule is CCCCCCC1C=CC(CCCCCCCCOC(=O)CCCCCCCCCCCCCCC(C)C)C(C=CCCCCCCCCO)C1CCCCCC. The summed E-state index contributed by atoms with van der Waals surface area (Å²) in [7, 11) is 0. The Hall–Kier alpha value is -1.09. The summed E-state index contributed by atoms with van der Waals surface area (Å²) in [5.74, 6) is 3.87. The van der Waals surface area contributed by atoms with Gasteiger partial charge in [0.2, 0.25) is 0 Å². The summed E-state index contributed by atoms with van der Waals surface area (Å²) in [6.45, 7) is 10.3. The van der Waals surface area contributed by atoms with Crippen LogP contribution < -0.4 is 0 Å². The Morgan fingerprint density at radius 3 is 1.58 bits per heavy atom. The maximum Gasteiger partial charge on any atom is 0.305 e. The van der Waals surface area contributed by atoms with Crippen LogP contribution in [0, 0.1) is 29.6 Å². The van der Waals surface area contributed by atoms with Gasteiger partial charge >= 0.3 is 5.97 Å². The van der Waals surface area contributed by atoms with E-state index in [4.69, 9.17) is 9.84 Å². The molecule has 0 saturated heterocycles. The van der Waals surface area contributed by atoms with E-state index in [1.807, 2.05) is 0 Å². The Bertz CT molecular complexity index is 891. The lowest BCUT2D eigenvalue weighted by atomic mass is 9.66. The number of carbonyl (C=O) groups excluding carboxylic acids is 1. The predicted molar refractivity (Wildman–Crippen MR) is 252 cm³/mol. The number of hydrogen-bond acceptors (Lipinski definition) is 3. The summed E-state index contributed by atoms with van der Waals surface area (Å²) in [6, 6.07) is 0. The zero-order valence-electron chi connectivity index (χ0n) is 39.2. The summed E-state index contributed by atoms with van der Waals surface area (Å²) in [4.78, 5) is 12.3. The lowest BCUT2D eigenvalue weighted by Gasteiger charge is -2.39. The highest BCUT2D eigenvalue weighted by Gasteiger charge is 2.33. The second-order valence-corrected chi connectivity index (χ2v) is 19.0. The van der Waals surface area contributed by atoms with E-state index in [2.05, 4.69) is 52.0 Å². The Morgan fingerprint density at radius 2 is 1.00 bits per heavy atom. The van der Waals surface area contributed by atoms with Crippen LogP contribution in [0.1, 0.15) is 272 Å². The molecule has 0 bridgehead atoms. The van der Waals surface area contributed by atoms with E-state index in [0.717, 1.165) is 37.0 Å². The van der Waals surface area contributed by atoms with Crippen molar-refractivity contribution in [1.29, 1.82) is 0 Å². The number of allylic oxidation sites excluding steroid dienone is 4. The van der Waals surface area contributed by atoms with Crippen LogP contribution in [0.2, 0.25) is 0 Å². The highest BCUT2D eigenvalue weighted by Crippen LogP contribution is 2.43. The average molecular weight is 799 g/mol. The topological polar surface area (TPSA) is 46.5 Å². The fourth-order valence-corrected chi connectivity index (χ4v) is 9.44. The number of esters is 1. The smallest absolute Gasteiger partial charge is 0.305 e. The third kappa shape index (κ3) is 33.3. The first-order valence-electron chi connectivity index (χ1n) is 26.1. The minimum absolute atomic E-state index is 0.0219. The van der Waals surface area contributed by atoms with Crippen LogP contribution >= 0.6 is 0 Å². The van der Waals surface area contributed by atoms with Crippen LogP contribution in [0.4, 0.5) is 0 Å². The molecule has 0 saturated carbocycles. The molecule has 4 unspecified atom stereocenters. The molecule has 57 heavy (non-hydrogen) atoms. The average Bonchev–Trinajstić information content (AvgIpc) is 3.20. The zero-order chi connectivity index (χ0) is 41.3. The summed E-state index contributed by atoms with van der Waals surface area (Å²) < 4.78 is 5.59. The van der Waals surface area contributed by atoms with Gasteiger partial charge in [-0.1, -0.05) is 238 Å². The maximum atomic E-state index is 12.3. The molecule has 0 aromatic heterocycles. The highest BCUT2D eigenvalue weighted by atomic mass is 16.5. The number of aliphatic hydroxyl groups is 1. The van der Waals surface area contributed by atoms with E-state index in [1.165, 1.54) is 218 Å². The van der Waals surface area contributed by atoms with Crippen LogP contribution in [0.25, 0.3) is 0 Å². The van der Waals surface area contributed by atoms with E-state index in [1.54, 1.807) is 0 Å². The fourth-order valence-electron chi connectivity index (χ4n) is 9.44. The van der Waals surface area contributed by atoms with Crippen molar-refractivity contribution in [2.45, 2.75) is 272 Å². The molecule has 1 rings (SSSR count). The molecular formula is C54H102O3. The molecule has 1 N–H and O–H groups in total. The monoisotopic (exact) mass is 799 g/mol. The van der Waals surface area contributed by atoms with Crippen molar-refractivity contribution in [3.63, 3.8) is 0 Å². The van der Waals surface area contributed by atoms with E-state index < -0.39 is 0 Å². The van der Waals surface area contributed by atoms with E-state index in [-0.39, 0.29) is 5.97 Å². The molecular weight excluding hydrogens is 697 g/mol. The molecule has 0 heterocycles. The molecule has 0 amide bonds. The first-order chi connectivity index (χ1) is 28.0. The molecule has 1 aliphatic rings. The van der Waals surface area contributed by atoms with Gasteiger partial charge in [-0.05, 0) is 81.0 Å². The van der Waals surface area contributed by atoms with E-state index in [9.17, 15) is 4.79 Å². The normalized spacial score (nSPS) is 18.4. The molecule has 3 nitrogen and oxygen atoms in total. The van der Waals surface area contributed by atoms with Crippen LogP contribution in [0.5, 0.6) is 0 Å². The molecule has 0 aromatic rings. The van der Waals surface area contributed by atoms with Crippen molar-refractivity contribution in [1.82, 2.24) is 0 Å². The lowest BCUT2D eigenvalue weighted by Crippen LogP contribution is -2.30. The standard InChI is InChI=1S/C54H102O3/c1-5-7-9-32-40-50-45-46-51(53(52(50)42-34-10-8-6-2)43-35-27-20-17-18-23-29-37-47-55)41-33-26-22-24-30-38-48-57-54(56)44-36-28-21-16-14-12-11-13-15-19-25-31-39-49(3)4/h35,43,45-46,49-53,55H,5-34,36-42,44,47-48H2,1-4H3. The van der Waals surface area contributed by atoms with Crippen LogP contribution in [0.3, 0.4) is 0 Å². The minimum Gasteiger partial charge on any atom is -0.466 e. The maximum absolute atomic E-state index is 12.3. The van der Waals surface area contributed by atoms with Gasteiger partial charge in [0.25, 0.3) is 0 Å². The number of rotatable bonds is 43. The third-order valence-corrected chi connectivity index (χ3v) is 13.2. The van der Waals surface area contributed by atoms with Crippen molar-refractivity contribution in [3.8, 4) is 0 Å². The number of hydrogen-bond donors (Lipinski definition) is 1. The molecule has 0 spiro atoms. The number of aliphatic hydroxyl groups excluding tert-OH is 1. The van der Waals surface area contributed by atoms with Gasteiger partial charge in [-0.25, -0.2) is 0 Å². The van der Waals surface area contributed by atoms with Crippen molar-refractivity contribution in [2.24, 2.45) is 29.6 Å². The van der Waals surface area contributed by atoms with Gasteiger partial charge in [0, 0.05) is 13.0 Å². The minimum atomic E-state index is 0.0219. The summed E-state index contributed by atoms with van der Waals surface area (Å²) in [5, 5.41) is 9.06. The highest BCUT2D eigenvalue weighted by molar-refractivity contribution is 5.69. The predicted octanol–water partition coefficient (Wildman–Crippen LogP) is 17.6. The van der Waals surface area contributed by atoms with Gasteiger partial charge < -0.3 is 9.84 Å². The molecule has 1 aliphatic carbocycles. The molecule has 0 radical (unpaired) electrons. The van der Waals surface area contributed by atoms with E-state index >= 15 is 0 Å². The molecule has 0 aromatic carbocycles. The molecule has 0 fully saturated rings. The van der Waals surface area contributed by atoms with Gasteiger partial charge in [0.1, 0.15) is 0 Å². The Balaban J connectivity index is 2.30. The van der Waals surface area contributed by atoms with Crippen LogP contribution in [-0.4, -0.2) is 24.3 Å². The molecule has 3 heteroatoms. The molecule has 4 atom stereocenters. The fraction of sp³-hybridized carbons (Fsp3) is 0.907. The van der Waals surface area contributed by atoms with Gasteiger partial charge in [0.15, 0.2) is 0 Å². The number of carbonyl (C=O) groups is 1. The Kier molecular flexibility index (Phi) is 39.4. The quantitative estimate of drug-likeness (QED) is 0.0380. The summed E-state index contributed by atoms with van der Waals surface area (Å²) in [5.41, 5.74) is 0. The zero-order valence-corrected chi connectivity index (χ0v) is 39.2. The van der Waals surface area contributed by atoms with Gasteiger partial charge in [-0.2, -0.15) is 0 Å². The second kappa shape index (κ2) is 41.6. The molecule has 336 valence electrons. The number of ether oxygens (including phenoxy) is 1. The first kappa shape index (κ1) is 53.9. The van der Waals surface area contributed by atoms with Crippen molar-refractivity contribution in [3.05, 3.63) is 24.3 Å². The third-order valence-electron chi connectivity index (χ3n) is 13.2. The first-order valence-corrected chi connectivity index (χ1v) is 26.1. The Labute approximate surface area is 358 Å².